The molecular formula is C48H92O6. The highest BCUT2D eigenvalue weighted by atomic mass is 16.6. The van der Waals surface area contributed by atoms with Crippen molar-refractivity contribution >= 4 is 17.9 Å². The molecule has 0 aliphatic heterocycles. The van der Waals surface area contributed by atoms with Gasteiger partial charge in [0.05, 0.1) is 0 Å². The largest absolute Gasteiger partial charge is 0.462 e. The molecule has 0 bridgehead atoms. The van der Waals surface area contributed by atoms with Gasteiger partial charge in [-0.05, 0) is 31.1 Å². The van der Waals surface area contributed by atoms with Gasteiger partial charge in [0, 0.05) is 19.3 Å². The number of ether oxygens (including phenoxy) is 3. The second kappa shape index (κ2) is 41.1. The van der Waals surface area contributed by atoms with Gasteiger partial charge in [-0.3, -0.25) is 14.4 Å². The zero-order chi connectivity index (χ0) is 39.7. The van der Waals surface area contributed by atoms with E-state index in [9.17, 15) is 14.4 Å². The van der Waals surface area contributed by atoms with Gasteiger partial charge in [-0.1, -0.05) is 221 Å². The zero-order valence-corrected chi connectivity index (χ0v) is 36.8. The summed E-state index contributed by atoms with van der Waals surface area (Å²) in [5, 5.41) is 0. The Morgan fingerprint density at radius 2 is 0.611 bits per heavy atom. The first-order valence-electron chi connectivity index (χ1n) is 23.7. The molecule has 6 nitrogen and oxygen atoms in total. The Balaban J connectivity index is 4.15. The quantitative estimate of drug-likeness (QED) is 0.0350. The molecule has 0 heterocycles. The number of unbranched alkanes of at least 4 members (excludes halogenated alkanes) is 27. The van der Waals surface area contributed by atoms with Gasteiger partial charge < -0.3 is 14.2 Å². The lowest BCUT2D eigenvalue weighted by atomic mass is 10.0. The summed E-state index contributed by atoms with van der Waals surface area (Å²) in [6.45, 7) is 11.3. The van der Waals surface area contributed by atoms with Crippen molar-refractivity contribution in [2.24, 2.45) is 11.8 Å². The average Bonchev–Trinajstić information content (AvgIpc) is 3.14. The van der Waals surface area contributed by atoms with Crippen LogP contribution in [0.25, 0.3) is 0 Å². The van der Waals surface area contributed by atoms with E-state index in [0.29, 0.717) is 19.3 Å². The third kappa shape index (κ3) is 41.6. The lowest BCUT2D eigenvalue weighted by molar-refractivity contribution is -0.167. The highest BCUT2D eigenvalue weighted by Gasteiger charge is 2.19. The van der Waals surface area contributed by atoms with Crippen LogP contribution < -0.4 is 0 Å². The molecule has 0 spiro atoms. The van der Waals surface area contributed by atoms with Crippen LogP contribution in [0.5, 0.6) is 0 Å². The molecule has 0 radical (unpaired) electrons. The van der Waals surface area contributed by atoms with Crippen LogP contribution in [-0.2, 0) is 28.6 Å². The molecule has 0 aromatic heterocycles. The minimum atomic E-state index is -0.759. The molecule has 0 fully saturated rings. The van der Waals surface area contributed by atoms with Gasteiger partial charge in [0.25, 0.3) is 0 Å². The smallest absolute Gasteiger partial charge is 0.306 e. The fourth-order valence-corrected chi connectivity index (χ4v) is 7.11. The maximum atomic E-state index is 12.7. The fraction of sp³-hybridized carbons (Fsp3) is 0.938. The van der Waals surface area contributed by atoms with E-state index < -0.39 is 6.10 Å². The van der Waals surface area contributed by atoms with Crippen LogP contribution in [0, 0.1) is 11.8 Å². The number of carbonyl (C=O) groups is 3. The van der Waals surface area contributed by atoms with E-state index in [-0.39, 0.29) is 31.1 Å². The molecule has 0 aliphatic rings. The fourth-order valence-electron chi connectivity index (χ4n) is 7.11. The number of rotatable bonds is 42. The minimum absolute atomic E-state index is 0.0654. The lowest BCUT2D eigenvalue weighted by Gasteiger charge is -2.18. The van der Waals surface area contributed by atoms with Crippen molar-refractivity contribution in [3.63, 3.8) is 0 Å². The first kappa shape index (κ1) is 52.4. The summed E-state index contributed by atoms with van der Waals surface area (Å²) in [6, 6.07) is 0. The van der Waals surface area contributed by atoms with Crippen LogP contribution in [0.15, 0.2) is 0 Å². The second-order valence-corrected chi connectivity index (χ2v) is 17.3. The number of hydrogen-bond acceptors (Lipinski definition) is 6. The Bertz CT molecular complexity index is 824. The van der Waals surface area contributed by atoms with Crippen molar-refractivity contribution in [3.05, 3.63) is 0 Å². The zero-order valence-electron chi connectivity index (χ0n) is 36.8. The topological polar surface area (TPSA) is 78.9 Å². The summed E-state index contributed by atoms with van der Waals surface area (Å²) in [6.07, 6.45) is 39.8. The van der Waals surface area contributed by atoms with Gasteiger partial charge in [0.15, 0.2) is 6.10 Å². The molecule has 0 saturated carbocycles. The molecule has 1 atom stereocenters. The van der Waals surface area contributed by atoms with Crippen LogP contribution in [-0.4, -0.2) is 37.2 Å². The standard InChI is InChI=1S/C48H92O6/c1-6-7-8-26-33-38-46(49)52-41-45(42-53-47(50)39-34-29-24-20-17-13-15-19-23-28-32-37-44(4)5)54-48(51)40-35-30-25-21-16-12-10-9-11-14-18-22-27-31-36-43(2)3/h43-45H,6-42H2,1-5H3/t45-/m0/s1. The van der Waals surface area contributed by atoms with E-state index in [1.54, 1.807) is 0 Å². The predicted molar refractivity (Wildman–Crippen MR) is 229 cm³/mol. The van der Waals surface area contributed by atoms with E-state index in [1.807, 2.05) is 0 Å². The molecule has 0 aromatic carbocycles. The molecule has 6 heteroatoms. The van der Waals surface area contributed by atoms with Crippen LogP contribution in [0.2, 0.25) is 0 Å². The Morgan fingerprint density at radius 3 is 0.907 bits per heavy atom. The number of hydrogen-bond donors (Lipinski definition) is 0. The van der Waals surface area contributed by atoms with Crippen molar-refractivity contribution in [1.82, 2.24) is 0 Å². The van der Waals surface area contributed by atoms with E-state index in [0.717, 1.165) is 76.0 Å². The van der Waals surface area contributed by atoms with Gasteiger partial charge >= 0.3 is 17.9 Å². The monoisotopic (exact) mass is 765 g/mol. The van der Waals surface area contributed by atoms with Crippen molar-refractivity contribution in [2.75, 3.05) is 13.2 Å². The molecule has 0 rings (SSSR count). The van der Waals surface area contributed by atoms with Crippen molar-refractivity contribution in [2.45, 2.75) is 265 Å². The molecule has 0 aliphatic carbocycles. The van der Waals surface area contributed by atoms with Crippen LogP contribution in [0.1, 0.15) is 259 Å². The Hall–Kier alpha value is -1.59. The molecule has 0 N–H and O–H groups in total. The first-order chi connectivity index (χ1) is 26.2. The van der Waals surface area contributed by atoms with Crippen molar-refractivity contribution in [3.8, 4) is 0 Å². The van der Waals surface area contributed by atoms with Crippen LogP contribution in [0.3, 0.4) is 0 Å². The highest BCUT2D eigenvalue weighted by molar-refractivity contribution is 5.71. The minimum Gasteiger partial charge on any atom is -0.462 e. The number of esters is 3. The number of carbonyl (C=O) groups excluding carboxylic acids is 3. The molecule has 0 aromatic rings. The van der Waals surface area contributed by atoms with E-state index in [4.69, 9.17) is 14.2 Å². The predicted octanol–water partition coefficient (Wildman–Crippen LogP) is 15.0. The van der Waals surface area contributed by atoms with Crippen LogP contribution in [0.4, 0.5) is 0 Å². The molecule has 0 unspecified atom stereocenters. The molecular weight excluding hydrogens is 673 g/mol. The lowest BCUT2D eigenvalue weighted by Crippen LogP contribution is -2.30. The molecule has 0 amide bonds. The molecule has 0 saturated heterocycles. The van der Waals surface area contributed by atoms with Crippen LogP contribution >= 0.6 is 0 Å². The summed E-state index contributed by atoms with van der Waals surface area (Å²) < 4.78 is 16.6. The highest BCUT2D eigenvalue weighted by Crippen LogP contribution is 2.17. The van der Waals surface area contributed by atoms with Gasteiger partial charge in [-0.25, -0.2) is 0 Å². The van der Waals surface area contributed by atoms with E-state index >= 15 is 0 Å². The van der Waals surface area contributed by atoms with E-state index in [1.165, 1.54) is 141 Å². The molecule has 320 valence electrons. The average molecular weight is 765 g/mol. The summed E-state index contributed by atoms with van der Waals surface area (Å²) in [4.78, 5) is 37.5. The normalized spacial score (nSPS) is 12.1. The van der Waals surface area contributed by atoms with Gasteiger partial charge in [0.1, 0.15) is 13.2 Å². The molecule has 54 heavy (non-hydrogen) atoms. The summed E-state index contributed by atoms with van der Waals surface area (Å²) in [5.74, 6) is 0.803. The van der Waals surface area contributed by atoms with Crippen molar-refractivity contribution < 1.29 is 28.6 Å². The Labute approximate surface area is 336 Å². The third-order valence-electron chi connectivity index (χ3n) is 10.7. The second-order valence-electron chi connectivity index (χ2n) is 17.3. The summed E-state index contributed by atoms with van der Waals surface area (Å²) in [7, 11) is 0. The maximum absolute atomic E-state index is 12.7. The summed E-state index contributed by atoms with van der Waals surface area (Å²) in [5.41, 5.74) is 0. The van der Waals surface area contributed by atoms with E-state index in [2.05, 4.69) is 34.6 Å². The Kier molecular flexibility index (Phi) is 39.8. The summed E-state index contributed by atoms with van der Waals surface area (Å²) >= 11 is 0. The SMILES string of the molecule is CCCCCCCC(=O)OC[C@@H](COC(=O)CCCCCCCCCCCCCC(C)C)OC(=O)CCCCCCCCCCCCCCCCC(C)C. The third-order valence-corrected chi connectivity index (χ3v) is 10.7. The van der Waals surface area contributed by atoms with Gasteiger partial charge in [-0.2, -0.15) is 0 Å². The van der Waals surface area contributed by atoms with Crippen molar-refractivity contribution in [1.29, 1.82) is 0 Å². The first-order valence-corrected chi connectivity index (χ1v) is 23.7. The Morgan fingerprint density at radius 1 is 0.352 bits per heavy atom. The maximum Gasteiger partial charge on any atom is 0.306 e. The van der Waals surface area contributed by atoms with Gasteiger partial charge in [-0.15, -0.1) is 0 Å². The van der Waals surface area contributed by atoms with Gasteiger partial charge in [0.2, 0.25) is 0 Å².